The molecular formula is C18H13Cl2NO3. The second-order valence-electron chi connectivity index (χ2n) is 5.29. The second-order valence-corrected chi connectivity index (χ2v) is 6.14. The highest BCUT2D eigenvalue weighted by Gasteiger charge is 2.19. The van der Waals surface area contributed by atoms with E-state index in [-0.39, 0.29) is 23.0 Å². The predicted molar refractivity (Wildman–Crippen MR) is 94.1 cm³/mol. The normalized spacial score (nSPS) is 10.8. The van der Waals surface area contributed by atoms with Crippen LogP contribution in [0, 0.1) is 6.92 Å². The van der Waals surface area contributed by atoms with Crippen LogP contribution in [0.4, 0.5) is 0 Å². The molecular weight excluding hydrogens is 349 g/mol. The fraction of sp³-hybridized carbons (Fsp3) is 0.111. The summed E-state index contributed by atoms with van der Waals surface area (Å²) in [5.41, 5.74) is 2.30. The average Bonchev–Trinajstić information content (AvgIpc) is 2.88. The number of para-hydroxylation sites is 1. The molecule has 0 aliphatic heterocycles. The van der Waals surface area contributed by atoms with Gasteiger partial charge in [-0.05, 0) is 31.2 Å². The van der Waals surface area contributed by atoms with E-state index in [2.05, 4.69) is 4.98 Å². The van der Waals surface area contributed by atoms with Gasteiger partial charge in [0.25, 0.3) is 0 Å². The molecule has 1 aromatic heterocycles. The van der Waals surface area contributed by atoms with Crippen molar-refractivity contribution in [3.63, 3.8) is 0 Å². The van der Waals surface area contributed by atoms with Gasteiger partial charge < -0.3 is 9.72 Å². The summed E-state index contributed by atoms with van der Waals surface area (Å²) >= 11 is 11.8. The molecule has 3 rings (SSSR count). The van der Waals surface area contributed by atoms with Crippen molar-refractivity contribution >= 4 is 45.9 Å². The van der Waals surface area contributed by atoms with E-state index in [1.807, 2.05) is 31.2 Å². The van der Waals surface area contributed by atoms with Crippen LogP contribution in [0.3, 0.4) is 0 Å². The van der Waals surface area contributed by atoms with Gasteiger partial charge in [0.1, 0.15) is 0 Å². The molecule has 1 N–H and O–H groups in total. The molecule has 0 atom stereocenters. The zero-order chi connectivity index (χ0) is 17.3. The number of nitrogens with one attached hydrogen (secondary N) is 1. The molecule has 0 aliphatic rings. The highest BCUT2D eigenvalue weighted by molar-refractivity contribution is 6.36. The molecule has 1 heterocycles. The second kappa shape index (κ2) is 6.67. The zero-order valence-electron chi connectivity index (χ0n) is 12.7. The maximum absolute atomic E-state index is 12.5. The molecule has 0 radical (unpaired) electrons. The van der Waals surface area contributed by atoms with Crippen molar-refractivity contribution in [2.75, 3.05) is 6.61 Å². The maximum Gasteiger partial charge on any atom is 0.340 e. The summed E-state index contributed by atoms with van der Waals surface area (Å²) in [4.78, 5) is 27.7. The van der Waals surface area contributed by atoms with Gasteiger partial charge in [0.15, 0.2) is 6.61 Å². The summed E-state index contributed by atoms with van der Waals surface area (Å²) in [6, 6.07) is 11.9. The van der Waals surface area contributed by atoms with Gasteiger partial charge in [-0.25, -0.2) is 4.79 Å². The molecule has 4 nitrogen and oxygen atoms in total. The van der Waals surface area contributed by atoms with Crippen LogP contribution in [0.15, 0.2) is 42.5 Å². The smallest absolute Gasteiger partial charge is 0.340 e. The molecule has 0 unspecified atom stereocenters. The van der Waals surface area contributed by atoms with Gasteiger partial charge in [0, 0.05) is 27.2 Å². The number of ether oxygens (including phenoxy) is 1. The first-order chi connectivity index (χ1) is 11.5. The number of Topliss-reactive ketones (excluding diaryl/α,β-unsaturated/α-hetero) is 1. The Labute approximate surface area is 148 Å². The third-order valence-corrected chi connectivity index (χ3v) is 4.21. The van der Waals surface area contributed by atoms with Crippen molar-refractivity contribution in [2.24, 2.45) is 0 Å². The van der Waals surface area contributed by atoms with Crippen LogP contribution in [0.5, 0.6) is 0 Å². The van der Waals surface area contributed by atoms with Crippen LogP contribution in [0.2, 0.25) is 10.0 Å². The first kappa shape index (κ1) is 16.6. The lowest BCUT2D eigenvalue weighted by atomic mass is 10.1. The molecule has 0 fully saturated rings. The van der Waals surface area contributed by atoms with Crippen molar-refractivity contribution in [2.45, 2.75) is 6.92 Å². The standard InChI is InChI=1S/C18H13Cl2NO3/c1-10-17(13-4-2-3-5-15(13)21-10)16(22)9-24-18(23)12-7-6-11(19)8-14(12)20/h2-8,21H,9H2,1H3. The van der Waals surface area contributed by atoms with E-state index in [1.54, 1.807) is 0 Å². The maximum atomic E-state index is 12.5. The quantitative estimate of drug-likeness (QED) is 0.535. The van der Waals surface area contributed by atoms with Crippen molar-refractivity contribution in [1.29, 1.82) is 0 Å². The Hall–Kier alpha value is -2.30. The summed E-state index contributed by atoms with van der Waals surface area (Å²) < 4.78 is 5.11. The highest BCUT2D eigenvalue weighted by atomic mass is 35.5. The van der Waals surface area contributed by atoms with Crippen LogP contribution in [-0.4, -0.2) is 23.3 Å². The third-order valence-electron chi connectivity index (χ3n) is 3.66. The fourth-order valence-electron chi connectivity index (χ4n) is 2.57. The molecule has 0 spiro atoms. The number of aromatic nitrogens is 1. The van der Waals surface area contributed by atoms with E-state index in [1.165, 1.54) is 18.2 Å². The van der Waals surface area contributed by atoms with Gasteiger partial charge >= 0.3 is 5.97 Å². The number of hydrogen-bond donors (Lipinski definition) is 1. The number of aryl methyl sites for hydroxylation is 1. The van der Waals surface area contributed by atoms with Crippen LogP contribution in [0.1, 0.15) is 26.4 Å². The average molecular weight is 362 g/mol. The van der Waals surface area contributed by atoms with Gasteiger partial charge in [-0.15, -0.1) is 0 Å². The minimum atomic E-state index is -0.664. The number of carbonyl (C=O) groups excluding carboxylic acids is 2. The van der Waals surface area contributed by atoms with Crippen LogP contribution >= 0.6 is 23.2 Å². The molecule has 0 amide bonds. The predicted octanol–water partition coefficient (Wildman–Crippen LogP) is 4.82. The summed E-state index contributed by atoms with van der Waals surface area (Å²) in [7, 11) is 0. The van der Waals surface area contributed by atoms with E-state index < -0.39 is 5.97 Å². The minimum Gasteiger partial charge on any atom is -0.454 e. The molecule has 0 saturated carbocycles. The van der Waals surface area contributed by atoms with Gasteiger partial charge in [-0.1, -0.05) is 41.4 Å². The Morgan fingerprint density at radius 1 is 1.12 bits per heavy atom. The summed E-state index contributed by atoms with van der Waals surface area (Å²) in [6.07, 6.45) is 0. The van der Waals surface area contributed by atoms with E-state index in [0.29, 0.717) is 10.6 Å². The topological polar surface area (TPSA) is 59.2 Å². The lowest BCUT2D eigenvalue weighted by molar-refractivity contribution is 0.0475. The van der Waals surface area contributed by atoms with Crippen molar-refractivity contribution in [3.05, 3.63) is 69.3 Å². The number of carbonyl (C=O) groups is 2. The Morgan fingerprint density at radius 3 is 2.62 bits per heavy atom. The van der Waals surface area contributed by atoms with E-state index >= 15 is 0 Å². The number of rotatable bonds is 4. The molecule has 0 bridgehead atoms. The Morgan fingerprint density at radius 2 is 1.88 bits per heavy atom. The summed E-state index contributed by atoms with van der Waals surface area (Å²) in [5.74, 6) is -0.939. The lowest BCUT2D eigenvalue weighted by Gasteiger charge is -2.06. The van der Waals surface area contributed by atoms with E-state index in [4.69, 9.17) is 27.9 Å². The SMILES string of the molecule is Cc1[nH]c2ccccc2c1C(=O)COC(=O)c1ccc(Cl)cc1Cl. The number of esters is 1. The molecule has 24 heavy (non-hydrogen) atoms. The summed E-state index contributed by atoms with van der Waals surface area (Å²) in [5, 5.41) is 1.41. The number of hydrogen-bond acceptors (Lipinski definition) is 3. The van der Waals surface area contributed by atoms with E-state index in [0.717, 1.165) is 16.6 Å². The molecule has 3 aromatic rings. The van der Waals surface area contributed by atoms with Crippen molar-refractivity contribution in [3.8, 4) is 0 Å². The monoisotopic (exact) mass is 361 g/mol. The fourth-order valence-corrected chi connectivity index (χ4v) is 3.06. The molecule has 122 valence electrons. The number of halogens is 2. The molecule has 2 aromatic carbocycles. The first-order valence-corrected chi connectivity index (χ1v) is 7.95. The summed E-state index contributed by atoms with van der Waals surface area (Å²) in [6.45, 7) is 1.45. The zero-order valence-corrected chi connectivity index (χ0v) is 14.2. The van der Waals surface area contributed by atoms with Crippen LogP contribution < -0.4 is 0 Å². The van der Waals surface area contributed by atoms with Gasteiger partial charge in [0.2, 0.25) is 5.78 Å². The van der Waals surface area contributed by atoms with Crippen molar-refractivity contribution in [1.82, 2.24) is 4.98 Å². The number of benzene rings is 2. The molecule has 6 heteroatoms. The van der Waals surface area contributed by atoms with E-state index in [9.17, 15) is 9.59 Å². The van der Waals surface area contributed by atoms with Gasteiger partial charge in [-0.2, -0.15) is 0 Å². The Balaban J connectivity index is 1.77. The number of aromatic amines is 1. The third kappa shape index (κ3) is 3.16. The van der Waals surface area contributed by atoms with Crippen LogP contribution in [0.25, 0.3) is 10.9 Å². The largest absolute Gasteiger partial charge is 0.454 e. The Kier molecular flexibility index (Phi) is 4.60. The van der Waals surface area contributed by atoms with Gasteiger partial charge in [0.05, 0.1) is 10.6 Å². The highest BCUT2D eigenvalue weighted by Crippen LogP contribution is 2.24. The van der Waals surface area contributed by atoms with Crippen LogP contribution in [-0.2, 0) is 4.74 Å². The first-order valence-electron chi connectivity index (χ1n) is 7.20. The van der Waals surface area contributed by atoms with Crippen molar-refractivity contribution < 1.29 is 14.3 Å². The number of fused-ring (bicyclic) bond motifs is 1. The lowest BCUT2D eigenvalue weighted by Crippen LogP contribution is -2.15. The molecule has 0 saturated heterocycles. The number of ketones is 1. The minimum absolute atomic E-state index is 0.171. The number of H-pyrrole nitrogens is 1. The van der Waals surface area contributed by atoms with Gasteiger partial charge in [-0.3, -0.25) is 4.79 Å². The Bertz CT molecular complexity index is 947. The molecule has 0 aliphatic carbocycles.